The second kappa shape index (κ2) is 6.53. The third kappa shape index (κ3) is 3.57. The van der Waals surface area contributed by atoms with Crippen LogP contribution in [0.3, 0.4) is 0 Å². The van der Waals surface area contributed by atoms with Crippen LogP contribution >= 0.6 is 0 Å². The van der Waals surface area contributed by atoms with Gasteiger partial charge in [0, 0.05) is 38.8 Å². The Kier molecular flexibility index (Phi) is 4.99. The van der Waals surface area contributed by atoms with Crippen LogP contribution in [0.15, 0.2) is 6.07 Å². The zero-order valence-electron chi connectivity index (χ0n) is 12.8. The summed E-state index contributed by atoms with van der Waals surface area (Å²) in [5.41, 5.74) is 2.53. The van der Waals surface area contributed by atoms with Crippen molar-refractivity contribution < 1.29 is 0 Å². The summed E-state index contributed by atoms with van der Waals surface area (Å²) in [4.78, 5) is 2.59. The Balaban J connectivity index is 2.01. The van der Waals surface area contributed by atoms with Gasteiger partial charge in [-0.3, -0.25) is 9.58 Å². The maximum Gasteiger partial charge on any atom is 0.0625 e. The van der Waals surface area contributed by atoms with Crippen LogP contribution < -0.4 is 5.32 Å². The first-order valence-electron chi connectivity index (χ1n) is 7.63. The van der Waals surface area contributed by atoms with Crippen LogP contribution in [0.25, 0.3) is 0 Å². The van der Waals surface area contributed by atoms with Gasteiger partial charge in [-0.15, -0.1) is 0 Å². The van der Waals surface area contributed by atoms with E-state index >= 15 is 0 Å². The minimum atomic E-state index is 0.605. The molecule has 2 atom stereocenters. The molecule has 2 heterocycles. The Hall–Kier alpha value is -0.870. The summed E-state index contributed by atoms with van der Waals surface area (Å²) >= 11 is 0. The van der Waals surface area contributed by atoms with Crippen molar-refractivity contribution in [3.05, 3.63) is 17.5 Å². The molecule has 1 aliphatic rings. The van der Waals surface area contributed by atoms with Crippen LogP contribution in [-0.2, 0) is 20.0 Å². The summed E-state index contributed by atoms with van der Waals surface area (Å²) in [6.07, 6.45) is 3.55. The van der Waals surface area contributed by atoms with Gasteiger partial charge in [-0.1, -0.05) is 20.3 Å². The molecule has 1 aliphatic heterocycles. The van der Waals surface area contributed by atoms with Gasteiger partial charge in [0.25, 0.3) is 0 Å². The molecule has 0 bridgehead atoms. The molecule has 2 rings (SSSR count). The summed E-state index contributed by atoms with van der Waals surface area (Å²) in [6, 6.07) is 3.51. The smallest absolute Gasteiger partial charge is 0.0625 e. The molecule has 0 saturated carbocycles. The van der Waals surface area contributed by atoms with Gasteiger partial charge in [-0.05, 0) is 25.8 Å². The molecule has 0 radical (unpaired) electrons. The van der Waals surface area contributed by atoms with Crippen molar-refractivity contribution in [2.24, 2.45) is 7.05 Å². The Bertz CT molecular complexity index is 399. The molecular formula is C15H28N4. The minimum absolute atomic E-state index is 0.605. The predicted molar refractivity (Wildman–Crippen MR) is 79.2 cm³/mol. The maximum absolute atomic E-state index is 4.55. The number of piperazine rings is 1. The van der Waals surface area contributed by atoms with Crippen molar-refractivity contribution >= 4 is 0 Å². The van der Waals surface area contributed by atoms with Crippen LogP contribution in [0, 0.1) is 0 Å². The van der Waals surface area contributed by atoms with Gasteiger partial charge < -0.3 is 5.32 Å². The normalized spacial score (nSPS) is 24.8. The molecular weight excluding hydrogens is 236 g/mol. The average molecular weight is 264 g/mol. The van der Waals surface area contributed by atoms with Gasteiger partial charge in [0.1, 0.15) is 0 Å². The fourth-order valence-corrected chi connectivity index (χ4v) is 2.86. The van der Waals surface area contributed by atoms with Gasteiger partial charge >= 0.3 is 0 Å². The molecule has 4 nitrogen and oxygen atoms in total. The Morgan fingerprint density at radius 2 is 2.21 bits per heavy atom. The van der Waals surface area contributed by atoms with Gasteiger partial charge in [0.2, 0.25) is 0 Å². The number of rotatable bonds is 5. The first-order valence-corrected chi connectivity index (χ1v) is 7.63. The summed E-state index contributed by atoms with van der Waals surface area (Å²) in [6.45, 7) is 10.0. The number of aryl methyl sites for hydroxylation is 2. The van der Waals surface area contributed by atoms with Crippen LogP contribution in [0.5, 0.6) is 0 Å². The van der Waals surface area contributed by atoms with E-state index in [1.807, 2.05) is 4.68 Å². The number of nitrogens with zero attached hydrogens (tertiary/aromatic N) is 3. The lowest BCUT2D eigenvalue weighted by atomic mass is 10.1. The highest BCUT2D eigenvalue weighted by Crippen LogP contribution is 2.15. The van der Waals surface area contributed by atoms with Crippen molar-refractivity contribution in [1.82, 2.24) is 20.0 Å². The first kappa shape index (κ1) is 14.5. The van der Waals surface area contributed by atoms with Crippen molar-refractivity contribution in [3.8, 4) is 0 Å². The molecule has 1 saturated heterocycles. The zero-order valence-corrected chi connectivity index (χ0v) is 12.8. The van der Waals surface area contributed by atoms with E-state index in [0.29, 0.717) is 12.1 Å². The fourth-order valence-electron chi connectivity index (χ4n) is 2.86. The van der Waals surface area contributed by atoms with E-state index in [1.165, 1.54) is 24.2 Å². The highest BCUT2D eigenvalue weighted by atomic mass is 15.3. The molecule has 1 aromatic heterocycles. The van der Waals surface area contributed by atoms with Crippen LogP contribution in [-0.4, -0.2) is 39.9 Å². The lowest BCUT2D eigenvalue weighted by molar-refractivity contribution is 0.126. The Morgan fingerprint density at radius 3 is 2.84 bits per heavy atom. The van der Waals surface area contributed by atoms with E-state index in [-0.39, 0.29) is 0 Å². The average Bonchev–Trinajstić information content (AvgIpc) is 2.75. The quantitative estimate of drug-likeness (QED) is 0.882. The van der Waals surface area contributed by atoms with E-state index in [4.69, 9.17) is 0 Å². The second-order valence-corrected chi connectivity index (χ2v) is 5.78. The molecule has 1 fully saturated rings. The first-order chi connectivity index (χ1) is 9.13. The minimum Gasteiger partial charge on any atom is -0.311 e. The fraction of sp³-hybridized carbons (Fsp3) is 0.800. The van der Waals surface area contributed by atoms with Crippen molar-refractivity contribution in [2.45, 2.75) is 58.7 Å². The molecule has 108 valence electrons. The largest absolute Gasteiger partial charge is 0.311 e. The van der Waals surface area contributed by atoms with E-state index in [2.05, 4.69) is 49.2 Å². The number of aromatic nitrogens is 2. The summed E-state index contributed by atoms with van der Waals surface area (Å²) < 4.78 is 2.04. The molecule has 0 aliphatic carbocycles. The van der Waals surface area contributed by atoms with Gasteiger partial charge in [0.15, 0.2) is 0 Å². The van der Waals surface area contributed by atoms with E-state index in [9.17, 15) is 0 Å². The van der Waals surface area contributed by atoms with Crippen molar-refractivity contribution in [2.75, 3.05) is 13.1 Å². The second-order valence-electron chi connectivity index (χ2n) is 5.78. The monoisotopic (exact) mass is 264 g/mol. The van der Waals surface area contributed by atoms with Crippen LogP contribution in [0.2, 0.25) is 0 Å². The van der Waals surface area contributed by atoms with Gasteiger partial charge in [-0.2, -0.15) is 5.10 Å². The summed E-state index contributed by atoms with van der Waals surface area (Å²) in [7, 11) is 2.06. The molecule has 1 aromatic rings. The third-order valence-corrected chi connectivity index (χ3v) is 4.17. The highest BCUT2D eigenvalue weighted by molar-refractivity contribution is 5.10. The molecule has 0 aromatic carbocycles. The summed E-state index contributed by atoms with van der Waals surface area (Å²) in [5, 5.41) is 8.20. The van der Waals surface area contributed by atoms with Crippen LogP contribution in [0.4, 0.5) is 0 Å². The molecule has 1 N–H and O–H groups in total. The number of nitrogens with one attached hydrogen (secondary N) is 1. The molecule has 0 spiro atoms. The van der Waals surface area contributed by atoms with E-state index in [0.717, 1.165) is 26.1 Å². The number of hydrogen-bond donors (Lipinski definition) is 1. The van der Waals surface area contributed by atoms with Crippen LogP contribution in [0.1, 0.15) is 45.0 Å². The predicted octanol–water partition coefficient (Wildman–Crippen LogP) is 1.94. The SMILES string of the molecule is CCCC1CN(Cc2cc(CC)nn2C)C(C)CN1. The maximum atomic E-state index is 4.55. The van der Waals surface area contributed by atoms with Crippen molar-refractivity contribution in [1.29, 1.82) is 0 Å². The molecule has 2 unspecified atom stereocenters. The Labute approximate surface area is 117 Å². The van der Waals surface area contributed by atoms with Gasteiger partial charge in [0.05, 0.1) is 11.4 Å². The lowest BCUT2D eigenvalue weighted by Gasteiger charge is -2.38. The number of hydrogen-bond acceptors (Lipinski definition) is 3. The zero-order chi connectivity index (χ0) is 13.8. The molecule has 4 heteroatoms. The standard InChI is InChI=1S/C15H28N4/c1-5-7-14-10-19(12(3)9-16-14)11-15-8-13(6-2)17-18(15)4/h8,12,14,16H,5-7,9-11H2,1-4H3. The van der Waals surface area contributed by atoms with E-state index in [1.54, 1.807) is 0 Å². The van der Waals surface area contributed by atoms with Gasteiger partial charge in [-0.25, -0.2) is 0 Å². The highest BCUT2D eigenvalue weighted by Gasteiger charge is 2.25. The Morgan fingerprint density at radius 1 is 1.42 bits per heavy atom. The molecule has 0 amide bonds. The third-order valence-electron chi connectivity index (χ3n) is 4.17. The summed E-state index contributed by atoms with van der Waals surface area (Å²) in [5.74, 6) is 0. The molecule has 19 heavy (non-hydrogen) atoms. The topological polar surface area (TPSA) is 33.1 Å². The van der Waals surface area contributed by atoms with E-state index < -0.39 is 0 Å². The van der Waals surface area contributed by atoms with Crippen molar-refractivity contribution in [3.63, 3.8) is 0 Å². The lowest BCUT2D eigenvalue weighted by Crippen LogP contribution is -2.54.